The number of nitro groups is 1. The van der Waals surface area contributed by atoms with Crippen LogP contribution in [0.4, 0.5) is 15.8 Å². The predicted molar refractivity (Wildman–Crippen MR) is 92.6 cm³/mol. The van der Waals surface area contributed by atoms with E-state index in [4.69, 9.17) is 9.47 Å². The maximum Gasteiger partial charge on any atom is 0.326 e. The number of ether oxygens (including phenoxy) is 2. The molecule has 10 heteroatoms. The highest BCUT2D eigenvalue weighted by atomic mass is 19.1. The molecule has 28 heavy (non-hydrogen) atoms. The van der Waals surface area contributed by atoms with Crippen LogP contribution < -0.4 is 9.64 Å². The fraction of sp³-hybridized carbons (Fsp3) is 0.167. The second-order valence-corrected chi connectivity index (χ2v) is 5.77. The first-order valence-corrected chi connectivity index (χ1v) is 8.01. The lowest BCUT2D eigenvalue weighted by molar-refractivity contribution is -0.384. The Kier molecular flexibility index (Phi) is 5.30. The highest BCUT2D eigenvalue weighted by Crippen LogP contribution is 2.35. The fourth-order valence-corrected chi connectivity index (χ4v) is 2.52. The van der Waals surface area contributed by atoms with Crippen molar-refractivity contribution in [2.24, 2.45) is 0 Å². The van der Waals surface area contributed by atoms with Crippen LogP contribution in [0.1, 0.15) is 10.4 Å². The van der Waals surface area contributed by atoms with Gasteiger partial charge in [0.2, 0.25) is 0 Å². The number of halogens is 1. The van der Waals surface area contributed by atoms with E-state index in [1.54, 1.807) is 0 Å². The summed E-state index contributed by atoms with van der Waals surface area (Å²) in [4.78, 5) is 47.4. The zero-order valence-corrected chi connectivity index (χ0v) is 14.3. The van der Waals surface area contributed by atoms with Crippen molar-refractivity contribution >= 4 is 29.0 Å². The highest BCUT2D eigenvalue weighted by Gasteiger charge is 2.29. The van der Waals surface area contributed by atoms with E-state index in [1.807, 2.05) is 0 Å². The number of nitrogens with zero attached hydrogens (tertiary/aromatic N) is 2. The molecule has 1 heterocycles. The van der Waals surface area contributed by atoms with Crippen LogP contribution in [0.3, 0.4) is 0 Å². The van der Waals surface area contributed by atoms with Gasteiger partial charge in [-0.1, -0.05) is 0 Å². The Morgan fingerprint density at radius 2 is 1.93 bits per heavy atom. The number of benzene rings is 2. The fourth-order valence-electron chi connectivity index (χ4n) is 2.52. The van der Waals surface area contributed by atoms with E-state index in [2.05, 4.69) is 0 Å². The zero-order valence-electron chi connectivity index (χ0n) is 14.3. The van der Waals surface area contributed by atoms with Crippen LogP contribution in [0.25, 0.3) is 0 Å². The Morgan fingerprint density at radius 1 is 1.21 bits per heavy atom. The number of amides is 1. The molecule has 9 nitrogen and oxygen atoms in total. The van der Waals surface area contributed by atoms with Gasteiger partial charge in [-0.3, -0.25) is 29.4 Å². The molecule has 0 aromatic heterocycles. The van der Waals surface area contributed by atoms with Gasteiger partial charge in [-0.25, -0.2) is 4.39 Å². The third kappa shape index (κ3) is 4.11. The van der Waals surface area contributed by atoms with Crippen LogP contribution >= 0.6 is 0 Å². The number of Topliss-reactive ketones (excluding diaryl/α,β-unsaturated/α-hetero) is 1. The van der Waals surface area contributed by atoms with Gasteiger partial charge in [0.25, 0.3) is 11.6 Å². The standard InChI is InChI=1S/C18H13FN2O7/c19-12-3-1-11(2-4-12)15(22)9-28-18(24)8-20-14-7-13(21(25)26)5-6-16(14)27-10-17(20)23/h1-7H,8-10H2. The number of esters is 1. The minimum atomic E-state index is -0.886. The molecule has 1 aliphatic heterocycles. The van der Waals surface area contributed by atoms with E-state index >= 15 is 0 Å². The second kappa shape index (κ2) is 7.82. The van der Waals surface area contributed by atoms with Gasteiger partial charge in [-0.15, -0.1) is 0 Å². The maximum absolute atomic E-state index is 12.9. The van der Waals surface area contributed by atoms with E-state index in [0.717, 1.165) is 23.1 Å². The molecule has 0 saturated heterocycles. The summed E-state index contributed by atoms with van der Waals surface area (Å²) >= 11 is 0. The number of hydrogen-bond donors (Lipinski definition) is 0. The Balaban J connectivity index is 1.67. The van der Waals surface area contributed by atoms with Gasteiger partial charge in [0.15, 0.2) is 19.0 Å². The van der Waals surface area contributed by atoms with E-state index in [9.17, 15) is 28.9 Å². The summed E-state index contributed by atoms with van der Waals surface area (Å²) in [6.07, 6.45) is 0. The van der Waals surface area contributed by atoms with Crippen LogP contribution in [0.5, 0.6) is 5.75 Å². The molecular formula is C18H13FN2O7. The summed E-state index contributed by atoms with van der Waals surface area (Å²) in [5.41, 5.74) is -0.0493. The lowest BCUT2D eigenvalue weighted by atomic mass is 10.1. The number of carbonyl (C=O) groups excluding carboxylic acids is 3. The van der Waals surface area contributed by atoms with E-state index in [0.29, 0.717) is 0 Å². The Hall–Kier alpha value is -3.82. The van der Waals surface area contributed by atoms with Crippen LogP contribution in [0.15, 0.2) is 42.5 Å². The van der Waals surface area contributed by atoms with Crippen molar-refractivity contribution in [2.45, 2.75) is 0 Å². The van der Waals surface area contributed by atoms with Crippen molar-refractivity contribution in [1.82, 2.24) is 0 Å². The van der Waals surface area contributed by atoms with Crippen LogP contribution in [0, 0.1) is 15.9 Å². The number of ketones is 1. The molecule has 144 valence electrons. The first-order chi connectivity index (χ1) is 13.3. The predicted octanol–water partition coefficient (Wildman–Crippen LogP) is 1.89. The summed E-state index contributed by atoms with van der Waals surface area (Å²) < 4.78 is 23.0. The van der Waals surface area contributed by atoms with E-state index in [-0.39, 0.29) is 29.3 Å². The molecule has 3 rings (SSSR count). The number of anilines is 1. The first kappa shape index (κ1) is 19.0. The maximum atomic E-state index is 12.9. The molecule has 2 aromatic carbocycles. The molecule has 0 saturated carbocycles. The molecule has 0 unspecified atom stereocenters. The molecule has 0 N–H and O–H groups in total. The van der Waals surface area contributed by atoms with Crippen molar-refractivity contribution in [3.05, 3.63) is 64.0 Å². The first-order valence-electron chi connectivity index (χ1n) is 8.01. The van der Waals surface area contributed by atoms with Crippen molar-refractivity contribution in [3.8, 4) is 5.75 Å². The molecule has 0 radical (unpaired) electrons. The summed E-state index contributed by atoms with van der Waals surface area (Å²) in [6, 6.07) is 8.38. The van der Waals surface area contributed by atoms with E-state index in [1.165, 1.54) is 24.3 Å². The lowest BCUT2D eigenvalue weighted by Crippen LogP contribution is -2.42. The third-order valence-corrected chi connectivity index (χ3v) is 3.91. The average molecular weight is 388 g/mol. The molecule has 0 atom stereocenters. The largest absolute Gasteiger partial charge is 0.482 e. The second-order valence-electron chi connectivity index (χ2n) is 5.77. The quantitative estimate of drug-likeness (QED) is 0.321. The van der Waals surface area contributed by atoms with Gasteiger partial charge in [-0.2, -0.15) is 0 Å². The summed E-state index contributed by atoms with van der Waals surface area (Å²) in [5.74, 6) is -2.32. The lowest BCUT2D eigenvalue weighted by Gasteiger charge is -2.28. The van der Waals surface area contributed by atoms with Gasteiger partial charge >= 0.3 is 5.97 Å². The number of fused-ring (bicyclic) bond motifs is 1. The van der Waals surface area contributed by atoms with Crippen LogP contribution in [-0.4, -0.2) is 42.3 Å². The topological polar surface area (TPSA) is 116 Å². The van der Waals surface area contributed by atoms with Gasteiger partial charge in [0.1, 0.15) is 18.1 Å². The minimum Gasteiger partial charge on any atom is -0.482 e. The molecular weight excluding hydrogens is 375 g/mol. The number of nitro benzene ring substituents is 1. The van der Waals surface area contributed by atoms with Crippen molar-refractivity contribution in [1.29, 1.82) is 0 Å². The van der Waals surface area contributed by atoms with Gasteiger partial charge in [0, 0.05) is 17.7 Å². The van der Waals surface area contributed by atoms with Crippen LogP contribution in [-0.2, 0) is 14.3 Å². The molecule has 0 spiro atoms. The monoisotopic (exact) mass is 388 g/mol. The third-order valence-electron chi connectivity index (χ3n) is 3.91. The molecule has 0 fully saturated rings. The summed E-state index contributed by atoms with van der Waals surface area (Å²) in [6.45, 7) is -1.48. The number of rotatable bonds is 6. The molecule has 1 amide bonds. The highest BCUT2D eigenvalue weighted by molar-refractivity contribution is 6.02. The van der Waals surface area contributed by atoms with Gasteiger partial charge in [-0.05, 0) is 30.3 Å². The van der Waals surface area contributed by atoms with Crippen molar-refractivity contribution < 1.29 is 33.2 Å². The number of non-ortho nitro benzene ring substituents is 1. The number of hydrogen-bond acceptors (Lipinski definition) is 7. The van der Waals surface area contributed by atoms with Gasteiger partial charge in [0.05, 0.1) is 10.6 Å². The SMILES string of the molecule is O=C(CN1C(=O)COc2ccc([N+](=O)[O-])cc21)OCC(=O)c1ccc(F)cc1. The Labute approximate surface area is 157 Å². The molecule has 1 aliphatic rings. The normalized spacial score (nSPS) is 12.8. The van der Waals surface area contributed by atoms with Crippen molar-refractivity contribution in [2.75, 3.05) is 24.7 Å². The Bertz CT molecular complexity index is 959. The smallest absolute Gasteiger partial charge is 0.326 e. The minimum absolute atomic E-state index is 0.0623. The average Bonchev–Trinajstić information content (AvgIpc) is 2.68. The van der Waals surface area contributed by atoms with E-state index < -0.39 is 41.6 Å². The summed E-state index contributed by atoms with van der Waals surface area (Å²) in [7, 11) is 0. The molecule has 2 aromatic rings. The van der Waals surface area contributed by atoms with Crippen LogP contribution in [0.2, 0.25) is 0 Å². The zero-order chi connectivity index (χ0) is 20.3. The van der Waals surface area contributed by atoms with Gasteiger partial charge < -0.3 is 9.47 Å². The summed E-state index contributed by atoms with van der Waals surface area (Å²) in [5, 5.41) is 10.9. The molecule has 0 bridgehead atoms. The number of carbonyl (C=O) groups is 3. The Morgan fingerprint density at radius 3 is 2.61 bits per heavy atom. The molecule has 0 aliphatic carbocycles. The van der Waals surface area contributed by atoms with Crippen molar-refractivity contribution in [3.63, 3.8) is 0 Å².